The maximum absolute atomic E-state index is 13.0. The number of halogens is 2. The first-order valence-electron chi connectivity index (χ1n) is 6.47. The number of benzene rings is 2. The van der Waals surface area contributed by atoms with Gasteiger partial charge in [-0.3, -0.25) is 0 Å². The number of hydrogen-bond acceptors (Lipinski definition) is 5. The van der Waals surface area contributed by atoms with Crippen LogP contribution in [0.1, 0.15) is 5.82 Å². The van der Waals surface area contributed by atoms with Crippen molar-refractivity contribution in [1.82, 2.24) is 20.2 Å². The molecule has 9 heteroatoms. The lowest BCUT2D eigenvalue weighted by molar-refractivity contribution is 0.592. The first-order valence-corrected chi connectivity index (χ1v) is 8.50. The van der Waals surface area contributed by atoms with Gasteiger partial charge in [0.2, 0.25) is 0 Å². The van der Waals surface area contributed by atoms with E-state index in [2.05, 4.69) is 15.5 Å². The molecule has 1 heterocycles. The van der Waals surface area contributed by atoms with E-state index in [0.717, 1.165) is 0 Å². The second-order valence-corrected chi connectivity index (χ2v) is 7.12. The third-order valence-electron chi connectivity index (χ3n) is 3.10. The van der Waals surface area contributed by atoms with Crippen LogP contribution in [0.25, 0.3) is 5.69 Å². The van der Waals surface area contributed by atoms with Crippen molar-refractivity contribution in [2.45, 2.75) is 10.6 Å². The number of rotatable bonds is 4. The van der Waals surface area contributed by atoms with E-state index in [1.165, 1.54) is 53.2 Å². The molecule has 0 amide bonds. The predicted molar refractivity (Wildman–Crippen MR) is 81.5 cm³/mol. The molecule has 0 spiro atoms. The van der Waals surface area contributed by atoms with Crippen molar-refractivity contribution in [2.24, 2.45) is 0 Å². The Bertz CT molecular complexity index is 924. The molecule has 6 nitrogen and oxygen atoms in total. The summed E-state index contributed by atoms with van der Waals surface area (Å²) in [6.45, 7) is 0. The highest BCUT2D eigenvalue weighted by atomic mass is 35.5. The lowest BCUT2D eigenvalue weighted by atomic mass is 10.3. The van der Waals surface area contributed by atoms with Gasteiger partial charge in [-0.25, -0.2) is 12.8 Å². The number of aromatic nitrogens is 4. The molecule has 0 atom stereocenters. The normalized spacial score (nSPS) is 11.6. The molecular weight excluding hydrogens is 343 g/mol. The van der Waals surface area contributed by atoms with E-state index >= 15 is 0 Å². The highest BCUT2D eigenvalue weighted by Gasteiger charge is 2.20. The Hall–Kier alpha value is -2.32. The van der Waals surface area contributed by atoms with Crippen molar-refractivity contribution in [2.75, 3.05) is 0 Å². The molecule has 0 fully saturated rings. The summed E-state index contributed by atoms with van der Waals surface area (Å²) in [7, 11) is -3.63. The van der Waals surface area contributed by atoms with Crippen LogP contribution in [-0.2, 0) is 15.6 Å². The van der Waals surface area contributed by atoms with E-state index < -0.39 is 15.7 Å². The number of hydrogen-bond donors (Lipinski definition) is 0. The van der Waals surface area contributed by atoms with Gasteiger partial charge >= 0.3 is 0 Å². The SMILES string of the molecule is O=S(=O)(Cc1nnnn1-c1ccc(F)cc1)c1ccc(Cl)cc1. The van der Waals surface area contributed by atoms with Crippen LogP contribution in [0.4, 0.5) is 4.39 Å². The summed E-state index contributed by atoms with van der Waals surface area (Å²) in [5.74, 6) is -0.664. The van der Waals surface area contributed by atoms with Gasteiger partial charge in [0, 0.05) is 5.02 Å². The van der Waals surface area contributed by atoms with Crippen molar-refractivity contribution in [3.8, 4) is 5.69 Å². The van der Waals surface area contributed by atoms with Crippen molar-refractivity contribution < 1.29 is 12.8 Å². The summed E-state index contributed by atoms with van der Waals surface area (Å²) in [6, 6.07) is 11.2. The Labute approximate surface area is 136 Å². The van der Waals surface area contributed by atoms with E-state index in [9.17, 15) is 12.8 Å². The Morgan fingerprint density at radius 3 is 2.35 bits per heavy atom. The first kappa shape index (κ1) is 15.6. The maximum atomic E-state index is 13.0. The molecular formula is C14H10ClFN4O2S. The van der Waals surface area contributed by atoms with Gasteiger partial charge in [-0.2, -0.15) is 4.68 Å². The van der Waals surface area contributed by atoms with E-state index in [1.54, 1.807) is 0 Å². The molecule has 0 aliphatic heterocycles. The zero-order valence-corrected chi connectivity index (χ0v) is 13.2. The highest BCUT2D eigenvalue weighted by molar-refractivity contribution is 7.90. The Kier molecular flexibility index (Phi) is 4.10. The topological polar surface area (TPSA) is 77.7 Å². The molecule has 0 saturated carbocycles. The van der Waals surface area contributed by atoms with Gasteiger partial charge < -0.3 is 0 Å². The summed E-state index contributed by atoms with van der Waals surface area (Å²) in [6.07, 6.45) is 0. The molecule has 23 heavy (non-hydrogen) atoms. The second-order valence-electron chi connectivity index (χ2n) is 4.70. The van der Waals surface area contributed by atoms with Gasteiger partial charge in [-0.1, -0.05) is 11.6 Å². The molecule has 0 bridgehead atoms. The molecule has 0 aliphatic carbocycles. The van der Waals surface area contributed by atoms with Crippen molar-refractivity contribution in [3.63, 3.8) is 0 Å². The van der Waals surface area contributed by atoms with Crippen LogP contribution in [0.3, 0.4) is 0 Å². The molecule has 118 valence electrons. The third kappa shape index (κ3) is 3.38. The fourth-order valence-corrected chi connectivity index (χ4v) is 3.34. The minimum atomic E-state index is -3.63. The van der Waals surface area contributed by atoms with Gasteiger partial charge in [-0.05, 0) is 59.0 Å². The van der Waals surface area contributed by atoms with Crippen LogP contribution >= 0.6 is 11.6 Å². The van der Waals surface area contributed by atoms with E-state index in [0.29, 0.717) is 10.7 Å². The van der Waals surface area contributed by atoms with E-state index in [1.807, 2.05) is 0 Å². The monoisotopic (exact) mass is 352 g/mol. The summed E-state index contributed by atoms with van der Waals surface area (Å²) in [4.78, 5) is 0.121. The molecule has 0 radical (unpaired) electrons. The molecule has 3 rings (SSSR count). The van der Waals surface area contributed by atoms with Crippen molar-refractivity contribution in [3.05, 3.63) is 65.2 Å². The molecule has 3 aromatic rings. The summed E-state index contributed by atoms with van der Waals surface area (Å²) < 4.78 is 39.1. The van der Waals surface area contributed by atoms with Gasteiger partial charge in [0.05, 0.1) is 10.6 Å². The minimum Gasteiger partial charge on any atom is -0.223 e. The lowest BCUT2D eigenvalue weighted by Gasteiger charge is -2.06. The Balaban J connectivity index is 1.93. The summed E-state index contributed by atoms with van der Waals surface area (Å²) in [5, 5.41) is 11.4. The number of nitrogens with zero attached hydrogens (tertiary/aromatic N) is 4. The first-order chi connectivity index (χ1) is 11.0. The van der Waals surface area contributed by atoms with E-state index in [4.69, 9.17) is 11.6 Å². The molecule has 0 N–H and O–H groups in total. The van der Waals surface area contributed by atoms with Crippen LogP contribution in [0.2, 0.25) is 5.02 Å². The predicted octanol–water partition coefficient (Wildman–Crippen LogP) is 2.43. The number of tetrazole rings is 1. The largest absolute Gasteiger partial charge is 0.223 e. The van der Waals surface area contributed by atoms with E-state index in [-0.39, 0.29) is 16.5 Å². The molecule has 2 aromatic carbocycles. The quantitative estimate of drug-likeness (QED) is 0.720. The van der Waals surface area contributed by atoms with Crippen molar-refractivity contribution in [1.29, 1.82) is 0 Å². The third-order valence-corrected chi connectivity index (χ3v) is 4.98. The zero-order valence-electron chi connectivity index (χ0n) is 11.6. The average molecular weight is 353 g/mol. The molecule has 0 saturated heterocycles. The Morgan fingerprint density at radius 1 is 1.04 bits per heavy atom. The van der Waals surface area contributed by atoms with Crippen LogP contribution < -0.4 is 0 Å². The fourth-order valence-electron chi connectivity index (χ4n) is 1.97. The summed E-state index contributed by atoms with van der Waals surface area (Å²) >= 11 is 5.76. The standard InChI is InChI=1S/C14H10ClFN4O2S/c15-10-1-7-13(8-2-10)23(21,22)9-14-17-18-19-20(14)12-5-3-11(16)4-6-12/h1-8H,9H2. The highest BCUT2D eigenvalue weighted by Crippen LogP contribution is 2.19. The van der Waals surface area contributed by atoms with Gasteiger partial charge in [0.25, 0.3) is 0 Å². The van der Waals surface area contributed by atoms with Gasteiger partial charge in [-0.15, -0.1) is 5.10 Å². The van der Waals surface area contributed by atoms with Crippen LogP contribution in [-0.4, -0.2) is 28.6 Å². The zero-order chi connectivity index (χ0) is 16.4. The van der Waals surface area contributed by atoms with Crippen molar-refractivity contribution >= 4 is 21.4 Å². The van der Waals surface area contributed by atoms with Crippen LogP contribution in [0.15, 0.2) is 53.4 Å². The molecule has 0 unspecified atom stereocenters. The molecule has 1 aromatic heterocycles. The molecule has 0 aliphatic rings. The van der Waals surface area contributed by atoms with Crippen LogP contribution in [0.5, 0.6) is 0 Å². The Morgan fingerprint density at radius 2 is 1.70 bits per heavy atom. The smallest absolute Gasteiger partial charge is 0.185 e. The van der Waals surface area contributed by atoms with Gasteiger partial charge in [0.1, 0.15) is 11.6 Å². The summed E-state index contributed by atoms with van der Waals surface area (Å²) in [5.41, 5.74) is 0.470. The second kappa shape index (κ2) is 6.05. The lowest BCUT2D eigenvalue weighted by Crippen LogP contribution is -2.11. The number of sulfone groups is 1. The van der Waals surface area contributed by atoms with Gasteiger partial charge in [0.15, 0.2) is 15.7 Å². The minimum absolute atomic E-state index is 0.121. The average Bonchev–Trinajstić information content (AvgIpc) is 2.96. The van der Waals surface area contributed by atoms with Crippen LogP contribution in [0, 0.1) is 5.82 Å². The fraction of sp³-hybridized carbons (Fsp3) is 0.0714. The maximum Gasteiger partial charge on any atom is 0.185 e.